The van der Waals surface area contributed by atoms with Gasteiger partial charge in [0.15, 0.2) is 0 Å². The van der Waals surface area contributed by atoms with E-state index in [2.05, 4.69) is 409 Å². The molecule has 0 aliphatic rings. The third-order valence-corrected chi connectivity index (χ3v) is 32.5. The maximum atomic E-state index is 9.40. The summed E-state index contributed by atoms with van der Waals surface area (Å²) in [6.07, 6.45) is 0. The Balaban J connectivity index is 0.000000101. The summed E-state index contributed by atoms with van der Waals surface area (Å²) in [5.41, 5.74) is 32.2. The highest BCUT2D eigenvalue weighted by Gasteiger charge is 2.27. The van der Waals surface area contributed by atoms with E-state index in [0.29, 0.717) is 22.3 Å². The number of nitrogens with zero attached hydrogens (tertiary/aromatic N) is 8. The molecule has 20 aromatic carbocycles. The molecule has 0 unspecified atom stereocenters. The normalized spacial score (nSPS) is 11.8. The topological polar surface area (TPSA) is 167 Å². The Hall–Kier alpha value is -18.8. The highest BCUT2D eigenvalue weighted by atomic mass is 28.3. The van der Waals surface area contributed by atoms with Crippen molar-refractivity contribution in [1.29, 1.82) is 21.0 Å². The number of furan rings is 4. The minimum Gasteiger partial charge on any atom is -0.456 e. The molecule has 0 N–H and O–H groups in total. The van der Waals surface area contributed by atoms with Crippen molar-refractivity contribution in [2.24, 2.45) is 0 Å². The van der Waals surface area contributed by atoms with Crippen LogP contribution in [-0.2, 0) is 0 Å². The monoisotopic (exact) mass is 1880 g/mol. The van der Waals surface area contributed by atoms with E-state index >= 15 is 0 Å². The standard InChI is InChI=1S/2C34H26N2OSi.2C31H18N2O/c1-38(2,3)25-14-16-32-29(20-25)28-19-23(13-15-31(28)36(32)24-8-5-4-6-9-24)26-10-7-11-27-30-18-22(21-35)12-17-33(30)37-34(26)27;1-38(2,3)26-12-14-32-28(20-26)27-18-23(10-13-31(27)36(32)25-7-5-4-6-8-25)24-11-16-34-30(19-24)29-17-22(21-35)9-15-33(29)37-34;32-19-20-13-16-30-27(17-20)25-11-6-10-23(31(25)34-30)21-14-15-29-26(18-21)24-9-4-5-12-28(24)33(29)22-7-2-1-3-8-22;32-19-20-10-14-30-26(16-20)27-18-22(12-15-31(27)34-30)21-11-13-29-25(17-21)24-8-4-5-9-28(24)33(29)23-6-2-1-3-7-23/h2*4-20H,1-3H3;2*1-18H. The molecule has 0 fully saturated rings. The number of aromatic nitrogens is 4. The molecule has 14 heteroatoms. The Kier molecular flexibility index (Phi) is 20.9. The van der Waals surface area contributed by atoms with Gasteiger partial charge in [0.25, 0.3) is 0 Å². The molecule has 0 spiro atoms. The highest BCUT2D eigenvalue weighted by molar-refractivity contribution is 6.89. The largest absolute Gasteiger partial charge is 0.456 e. The van der Waals surface area contributed by atoms with Gasteiger partial charge in [-0.25, -0.2) is 0 Å². The van der Waals surface area contributed by atoms with Gasteiger partial charge in [-0.05, 0) is 252 Å². The molecule has 0 radical (unpaired) electrons. The molecule has 0 saturated heterocycles. The molecule has 8 aromatic heterocycles. The van der Waals surface area contributed by atoms with Crippen LogP contribution < -0.4 is 10.4 Å². The van der Waals surface area contributed by atoms with Crippen LogP contribution in [0, 0.1) is 45.3 Å². The number of para-hydroxylation sites is 8. The second-order valence-corrected chi connectivity index (χ2v) is 49.3. The fourth-order valence-electron chi connectivity index (χ4n) is 21.3. The minimum atomic E-state index is -1.50. The molecule has 0 saturated carbocycles. The maximum absolute atomic E-state index is 9.40. The minimum absolute atomic E-state index is 0.635. The van der Waals surface area contributed by atoms with E-state index in [1.807, 2.05) is 78.9 Å². The van der Waals surface area contributed by atoms with Crippen molar-refractivity contribution in [3.63, 3.8) is 0 Å². The Morgan fingerprint density at radius 1 is 0.181 bits per heavy atom. The SMILES string of the molecule is C[Si](C)(C)c1ccc2c(c1)c1cc(-c3ccc4oc5ccc(C#N)cc5c4c3)ccc1n2-c1ccccc1.C[Si](C)(C)c1ccc2c(c1)c1cc(-c3cccc4c3oc3ccc(C#N)cc34)ccc1n2-c1ccccc1.N#Cc1ccc2oc3c(-c4ccc5c(c4)c4ccccc4n5-c4ccccc4)cccc3c2c1.N#Cc1ccc2oc3ccc(-c4ccc5c(c4)c4ccccc4n5-c4ccccc4)cc3c2c1. The van der Waals surface area contributed by atoms with Gasteiger partial charge in [-0.1, -0.05) is 256 Å². The Bertz CT molecular complexity index is 10300. The molecular formula is C130H88N8O4Si2. The summed E-state index contributed by atoms with van der Waals surface area (Å²) in [5, 5.41) is 58.3. The van der Waals surface area contributed by atoms with Gasteiger partial charge in [0.2, 0.25) is 0 Å². The molecule has 0 amide bonds. The summed E-state index contributed by atoms with van der Waals surface area (Å²) in [6.45, 7) is 14.4. The zero-order valence-electron chi connectivity index (χ0n) is 79.6. The number of hydrogen-bond acceptors (Lipinski definition) is 8. The van der Waals surface area contributed by atoms with Gasteiger partial charge < -0.3 is 35.9 Å². The number of rotatable bonds is 10. The van der Waals surface area contributed by atoms with Crippen LogP contribution in [0.1, 0.15) is 22.3 Å². The van der Waals surface area contributed by atoms with Crippen molar-refractivity contribution < 1.29 is 17.7 Å². The van der Waals surface area contributed by atoms with E-state index in [0.717, 1.165) is 149 Å². The molecule has 0 aliphatic carbocycles. The predicted molar refractivity (Wildman–Crippen MR) is 599 cm³/mol. The first kappa shape index (κ1) is 86.8. The van der Waals surface area contributed by atoms with Gasteiger partial charge >= 0.3 is 0 Å². The van der Waals surface area contributed by atoms with Crippen LogP contribution >= 0.6 is 0 Å². The summed E-state index contributed by atoms with van der Waals surface area (Å²) in [6, 6.07) is 157. The first-order chi connectivity index (χ1) is 70.4. The quantitative estimate of drug-likeness (QED) is 0.122. The molecule has 0 bridgehead atoms. The zero-order valence-corrected chi connectivity index (χ0v) is 81.6. The third-order valence-electron chi connectivity index (χ3n) is 28.4. The number of benzene rings is 20. The third kappa shape index (κ3) is 14.9. The molecule has 12 nitrogen and oxygen atoms in total. The van der Waals surface area contributed by atoms with Crippen LogP contribution in [0.3, 0.4) is 0 Å². The Morgan fingerprint density at radius 2 is 0.410 bits per heavy atom. The lowest BCUT2D eigenvalue weighted by Gasteiger charge is -2.17. The molecule has 0 aliphatic heterocycles. The smallest absolute Gasteiger partial charge is 0.143 e. The van der Waals surface area contributed by atoms with Gasteiger partial charge in [-0.2, -0.15) is 21.0 Å². The van der Waals surface area contributed by atoms with Gasteiger partial charge in [-0.3, -0.25) is 0 Å². The lowest BCUT2D eigenvalue weighted by Crippen LogP contribution is -2.37. The van der Waals surface area contributed by atoms with Crippen molar-refractivity contribution in [3.05, 3.63) is 447 Å². The molecule has 0 atom stereocenters. The average molecular weight is 1880 g/mol. The lowest BCUT2D eigenvalue weighted by atomic mass is 10.00. The Morgan fingerprint density at radius 3 is 0.729 bits per heavy atom. The summed E-state index contributed by atoms with van der Waals surface area (Å²) >= 11 is 0. The number of fused-ring (bicyclic) bond motifs is 24. The van der Waals surface area contributed by atoms with Crippen molar-refractivity contribution in [3.8, 4) is 91.5 Å². The van der Waals surface area contributed by atoms with Crippen LogP contribution in [0.4, 0.5) is 0 Å². The molecular weight excluding hydrogens is 1790 g/mol. The van der Waals surface area contributed by atoms with E-state index in [4.69, 9.17) is 17.7 Å². The molecule has 680 valence electrons. The van der Waals surface area contributed by atoms with Gasteiger partial charge in [0, 0.05) is 120 Å². The molecule has 8 heterocycles. The van der Waals surface area contributed by atoms with E-state index in [-0.39, 0.29) is 0 Å². The molecule has 28 rings (SSSR count). The van der Waals surface area contributed by atoms with E-state index in [9.17, 15) is 21.0 Å². The zero-order chi connectivity index (χ0) is 97.3. The summed E-state index contributed by atoms with van der Waals surface area (Å²) in [4.78, 5) is 0. The molecule has 144 heavy (non-hydrogen) atoms. The number of hydrogen-bond donors (Lipinski definition) is 0. The fourth-order valence-corrected chi connectivity index (χ4v) is 23.6. The first-order valence-electron chi connectivity index (χ1n) is 48.4. The van der Waals surface area contributed by atoms with Gasteiger partial charge in [0.1, 0.15) is 44.7 Å². The fraction of sp³-hybridized carbons (Fsp3) is 0.0462. The Labute approximate surface area is 830 Å². The van der Waals surface area contributed by atoms with Crippen LogP contribution in [0.15, 0.2) is 442 Å². The average Bonchev–Trinajstić information content (AvgIpc) is 1.57. The highest BCUT2D eigenvalue weighted by Crippen LogP contribution is 2.46. The number of nitriles is 4. The summed E-state index contributed by atoms with van der Waals surface area (Å²) < 4.78 is 34.1. The second-order valence-electron chi connectivity index (χ2n) is 39.1. The van der Waals surface area contributed by atoms with Gasteiger partial charge in [0.05, 0.1) is 107 Å². The van der Waals surface area contributed by atoms with E-state index in [1.54, 1.807) is 18.2 Å². The van der Waals surface area contributed by atoms with Crippen molar-refractivity contribution >= 4 is 201 Å². The van der Waals surface area contributed by atoms with Crippen molar-refractivity contribution in [1.82, 2.24) is 18.3 Å². The van der Waals surface area contributed by atoms with E-state index < -0.39 is 16.1 Å². The predicted octanol–water partition coefficient (Wildman–Crippen LogP) is 34.0. The van der Waals surface area contributed by atoms with Crippen LogP contribution in [0.2, 0.25) is 39.3 Å². The maximum Gasteiger partial charge on any atom is 0.143 e. The lowest BCUT2D eigenvalue weighted by molar-refractivity contribution is 0.668. The summed E-state index contributed by atoms with van der Waals surface area (Å²) in [7, 11) is -2.98. The second kappa shape index (κ2) is 34.7. The first-order valence-corrected chi connectivity index (χ1v) is 55.4. The van der Waals surface area contributed by atoms with E-state index in [1.165, 1.54) is 103 Å². The summed E-state index contributed by atoms with van der Waals surface area (Å²) in [5.74, 6) is 0. The van der Waals surface area contributed by atoms with Crippen molar-refractivity contribution in [2.45, 2.75) is 39.3 Å². The van der Waals surface area contributed by atoms with Crippen LogP contribution in [0.25, 0.3) is 242 Å². The van der Waals surface area contributed by atoms with Crippen LogP contribution in [-0.4, -0.2) is 34.4 Å². The molecule has 28 aromatic rings. The van der Waals surface area contributed by atoms with Gasteiger partial charge in [-0.15, -0.1) is 0 Å². The van der Waals surface area contributed by atoms with Crippen molar-refractivity contribution in [2.75, 3.05) is 0 Å². The van der Waals surface area contributed by atoms with Crippen LogP contribution in [0.5, 0.6) is 0 Å².